The van der Waals surface area contributed by atoms with Crippen molar-refractivity contribution in [3.63, 3.8) is 0 Å². The fourth-order valence-electron chi connectivity index (χ4n) is 3.64. The Bertz CT molecular complexity index is 755. The summed E-state index contributed by atoms with van der Waals surface area (Å²) in [6.45, 7) is 7.46. The van der Waals surface area contributed by atoms with Crippen molar-refractivity contribution in [3.05, 3.63) is 28.8 Å². The van der Waals surface area contributed by atoms with Crippen molar-refractivity contribution >= 4 is 27.5 Å². The summed E-state index contributed by atoms with van der Waals surface area (Å²) < 4.78 is 27.4. The van der Waals surface area contributed by atoms with Crippen LogP contribution in [0.5, 0.6) is 0 Å². The van der Waals surface area contributed by atoms with Crippen LogP contribution in [0, 0.1) is 0 Å². The van der Waals surface area contributed by atoms with E-state index in [4.69, 9.17) is 11.6 Å². The van der Waals surface area contributed by atoms with Gasteiger partial charge in [-0.15, -0.1) is 0 Å². The zero-order valence-electron chi connectivity index (χ0n) is 15.2. The third-order valence-electron chi connectivity index (χ3n) is 5.37. The van der Waals surface area contributed by atoms with Crippen LogP contribution in [0.15, 0.2) is 23.1 Å². The molecule has 26 heavy (non-hydrogen) atoms. The number of halogens is 1. The maximum atomic E-state index is 13.0. The van der Waals surface area contributed by atoms with E-state index in [1.54, 1.807) is 11.0 Å². The molecule has 0 aliphatic carbocycles. The summed E-state index contributed by atoms with van der Waals surface area (Å²) in [5.41, 5.74) is 0.393. The molecule has 3 rings (SSSR count). The lowest BCUT2D eigenvalue weighted by molar-refractivity contribution is -0.902. The second kappa shape index (κ2) is 8.25. The van der Waals surface area contributed by atoms with Crippen molar-refractivity contribution in [3.8, 4) is 0 Å². The SMILES string of the molecule is CC[NH+]1CCN(C(=O)c2ccc(Cl)c(S(=O)(=O)N3CCCCC3)c2)CC1. The van der Waals surface area contributed by atoms with Gasteiger partial charge in [0.25, 0.3) is 5.91 Å². The Morgan fingerprint density at radius 2 is 1.77 bits per heavy atom. The Morgan fingerprint density at radius 1 is 1.12 bits per heavy atom. The average molecular weight is 401 g/mol. The average Bonchev–Trinajstić information content (AvgIpc) is 2.68. The van der Waals surface area contributed by atoms with Crippen LogP contribution in [0.2, 0.25) is 5.02 Å². The van der Waals surface area contributed by atoms with Crippen molar-refractivity contribution in [2.24, 2.45) is 0 Å². The molecule has 2 saturated heterocycles. The minimum absolute atomic E-state index is 0.0461. The van der Waals surface area contributed by atoms with Gasteiger partial charge in [-0.3, -0.25) is 4.79 Å². The highest BCUT2D eigenvalue weighted by molar-refractivity contribution is 7.89. The van der Waals surface area contributed by atoms with Crippen LogP contribution >= 0.6 is 11.6 Å². The van der Waals surface area contributed by atoms with Gasteiger partial charge in [-0.05, 0) is 38.0 Å². The molecule has 0 bridgehead atoms. The van der Waals surface area contributed by atoms with Gasteiger partial charge in [-0.1, -0.05) is 18.0 Å². The number of carbonyl (C=O) groups is 1. The molecule has 2 fully saturated rings. The number of nitrogens with zero attached hydrogens (tertiary/aromatic N) is 2. The van der Waals surface area contributed by atoms with Crippen LogP contribution in [0.3, 0.4) is 0 Å². The first-order chi connectivity index (χ1) is 12.4. The van der Waals surface area contributed by atoms with Crippen LogP contribution in [0.4, 0.5) is 0 Å². The van der Waals surface area contributed by atoms with Gasteiger partial charge in [-0.25, -0.2) is 8.42 Å². The third kappa shape index (κ3) is 4.06. The van der Waals surface area contributed by atoms with E-state index >= 15 is 0 Å². The predicted octanol–water partition coefficient (Wildman–Crippen LogP) is 0.875. The minimum atomic E-state index is -3.67. The molecule has 2 aliphatic heterocycles. The largest absolute Gasteiger partial charge is 0.332 e. The van der Waals surface area contributed by atoms with Crippen molar-refractivity contribution in [2.75, 3.05) is 45.8 Å². The summed E-state index contributed by atoms with van der Waals surface area (Å²) in [7, 11) is -3.67. The monoisotopic (exact) mass is 400 g/mol. The first-order valence-electron chi connectivity index (χ1n) is 9.36. The fraction of sp³-hybridized carbons (Fsp3) is 0.611. The van der Waals surface area contributed by atoms with E-state index in [1.165, 1.54) is 21.3 Å². The second-order valence-corrected chi connectivity index (χ2v) is 9.32. The molecule has 2 heterocycles. The number of sulfonamides is 1. The standard InChI is InChI=1S/C18H26ClN3O3S/c1-2-20-10-12-21(13-11-20)18(23)15-6-7-16(19)17(14-15)26(24,25)22-8-4-3-5-9-22/h6-7,14H,2-5,8-13H2,1H3/p+1. The van der Waals surface area contributed by atoms with Crippen LogP contribution in [-0.2, 0) is 10.0 Å². The Labute approximate surface area is 160 Å². The molecular weight excluding hydrogens is 374 g/mol. The zero-order chi connectivity index (χ0) is 18.7. The summed E-state index contributed by atoms with van der Waals surface area (Å²) >= 11 is 6.19. The molecule has 0 unspecified atom stereocenters. The number of amides is 1. The van der Waals surface area contributed by atoms with Crippen LogP contribution in [-0.4, -0.2) is 69.3 Å². The molecule has 1 N–H and O–H groups in total. The van der Waals surface area contributed by atoms with Gasteiger partial charge < -0.3 is 9.80 Å². The third-order valence-corrected chi connectivity index (χ3v) is 7.75. The van der Waals surface area contributed by atoms with Gasteiger partial charge in [0.05, 0.1) is 37.7 Å². The van der Waals surface area contributed by atoms with Crippen molar-refractivity contribution < 1.29 is 18.1 Å². The zero-order valence-corrected chi connectivity index (χ0v) is 16.8. The van der Waals surface area contributed by atoms with E-state index < -0.39 is 10.0 Å². The van der Waals surface area contributed by atoms with Crippen molar-refractivity contribution in [1.82, 2.24) is 9.21 Å². The lowest BCUT2D eigenvalue weighted by Crippen LogP contribution is -3.14. The number of nitrogens with one attached hydrogen (secondary N) is 1. The summed E-state index contributed by atoms with van der Waals surface area (Å²) in [4.78, 5) is 16.2. The van der Waals surface area contributed by atoms with E-state index in [-0.39, 0.29) is 15.8 Å². The van der Waals surface area contributed by atoms with Gasteiger partial charge in [0.2, 0.25) is 10.0 Å². The van der Waals surface area contributed by atoms with Gasteiger partial charge in [0.15, 0.2) is 0 Å². The molecule has 0 atom stereocenters. The van der Waals surface area contributed by atoms with Gasteiger partial charge in [0, 0.05) is 18.7 Å². The highest BCUT2D eigenvalue weighted by Gasteiger charge is 2.30. The number of carbonyl (C=O) groups excluding carboxylic acids is 1. The molecule has 0 spiro atoms. The summed E-state index contributed by atoms with van der Waals surface area (Å²) in [6.07, 6.45) is 2.77. The van der Waals surface area contributed by atoms with E-state index in [2.05, 4.69) is 6.92 Å². The number of quaternary nitrogens is 1. The van der Waals surface area contributed by atoms with Crippen LogP contribution in [0.1, 0.15) is 36.5 Å². The Morgan fingerprint density at radius 3 is 2.38 bits per heavy atom. The maximum Gasteiger partial charge on any atom is 0.254 e. The molecule has 144 valence electrons. The number of hydrogen-bond donors (Lipinski definition) is 1. The van der Waals surface area contributed by atoms with Gasteiger partial charge >= 0.3 is 0 Å². The number of piperazine rings is 1. The second-order valence-electron chi connectivity index (χ2n) is 7.01. The molecule has 0 aromatic heterocycles. The minimum Gasteiger partial charge on any atom is -0.332 e. The van der Waals surface area contributed by atoms with Crippen molar-refractivity contribution in [1.29, 1.82) is 0 Å². The van der Waals surface area contributed by atoms with Crippen molar-refractivity contribution in [2.45, 2.75) is 31.1 Å². The normalized spacial score (nSPS) is 20.3. The molecule has 1 aromatic rings. The number of benzene rings is 1. The molecule has 8 heteroatoms. The quantitative estimate of drug-likeness (QED) is 0.816. The van der Waals surface area contributed by atoms with Gasteiger partial charge in [-0.2, -0.15) is 4.31 Å². The molecule has 0 radical (unpaired) electrons. The molecule has 1 amide bonds. The molecule has 2 aliphatic rings. The number of hydrogen-bond acceptors (Lipinski definition) is 3. The number of likely N-dealkylation sites (N-methyl/N-ethyl adjacent to an activating group) is 1. The molecule has 0 saturated carbocycles. The van der Waals surface area contributed by atoms with E-state index in [9.17, 15) is 13.2 Å². The lowest BCUT2D eigenvalue weighted by Gasteiger charge is -2.32. The van der Waals surface area contributed by atoms with E-state index in [1.807, 2.05) is 0 Å². The number of rotatable bonds is 4. The van der Waals surface area contributed by atoms with Crippen LogP contribution < -0.4 is 4.90 Å². The Hall–Kier alpha value is -1.15. The highest BCUT2D eigenvalue weighted by atomic mass is 35.5. The predicted molar refractivity (Wildman–Crippen MR) is 101 cm³/mol. The van der Waals surface area contributed by atoms with Crippen LogP contribution in [0.25, 0.3) is 0 Å². The molecular formula is C18H27ClN3O3S+. The summed E-state index contributed by atoms with van der Waals surface area (Å²) in [6, 6.07) is 4.60. The van der Waals surface area contributed by atoms with E-state index in [0.717, 1.165) is 38.9 Å². The summed E-state index contributed by atoms with van der Waals surface area (Å²) in [5, 5.41) is 0.173. The first kappa shape index (κ1) is 19.6. The molecule has 6 nitrogen and oxygen atoms in total. The maximum absolute atomic E-state index is 13.0. The van der Waals surface area contributed by atoms with Gasteiger partial charge in [0.1, 0.15) is 4.90 Å². The topological polar surface area (TPSA) is 62.1 Å². The first-order valence-corrected chi connectivity index (χ1v) is 11.2. The smallest absolute Gasteiger partial charge is 0.254 e. The van der Waals surface area contributed by atoms with E-state index in [0.29, 0.717) is 31.7 Å². The Kier molecular flexibility index (Phi) is 6.22. The molecule has 1 aromatic carbocycles. The number of piperidine rings is 1. The fourth-order valence-corrected chi connectivity index (χ4v) is 5.66. The highest BCUT2D eigenvalue weighted by Crippen LogP contribution is 2.28. The summed E-state index contributed by atoms with van der Waals surface area (Å²) in [5.74, 6) is -0.119. The Balaban J connectivity index is 1.82. The lowest BCUT2D eigenvalue weighted by atomic mass is 10.2.